The maximum absolute atomic E-state index is 13.0. The van der Waals surface area contributed by atoms with E-state index in [9.17, 15) is 4.39 Å². The van der Waals surface area contributed by atoms with Gasteiger partial charge in [0.15, 0.2) is 24.7 Å². The zero-order chi connectivity index (χ0) is 17.9. The largest absolute Gasteiger partial charge is 0.436 e. The molecule has 0 fully saturated rings. The summed E-state index contributed by atoms with van der Waals surface area (Å²) in [5.41, 5.74) is 2.81. The van der Waals surface area contributed by atoms with Crippen molar-refractivity contribution in [2.24, 2.45) is 0 Å². The van der Waals surface area contributed by atoms with Crippen LogP contribution in [0.25, 0.3) is 22.8 Å². The molecule has 128 valence electrons. The van der Waals surface area contributed by atoms with Crippen LogP contribution < -0.4 is 4.57 Å². The third-order valence-electron chi connectivity index (χ3n) is 4.02. The lowest BCUT2D eigenvalue weighted by molar-refractivity contribution is -0.687. The van der Waals surface area contributed by atoms with Crippen LogP contribution in [0, 0.1) is 5.82 Å². The molecular weight excluding hydrogens is 351 g/mol. The van der Waals surface area contributed by atoms with E-state index in [1.54, 1.807) is 18.3 Å². The lowest BCUT2D eigenvalue weighted by Crippen LogP contribution is -2.33. The van der Waals surface area contributed by atoms with Gasteiger partial charge in [0, 0.05) is 22.2 Å². The van der Waals surface area contributed by atoms with Gasteiger partial charge in [-0.3, -0.25) is 0 Å². The summed E-state index contributed by atoms with van der Waals surface area (Å²) >= 11 is 5.92. The van der Waals surface area contributed by atoms with Gasteiger partial charge in [0.2, 0.25) is 5.89 Å². The number of aromatic nitrogens is 2. The number of nitrogens with zero attached hydrogens (tertiary/aromatic N) is 2. The molecule has 0 saturated heterocycles. The molecule has 0 saturated carbocycles. The first-order valence-corrected chi connectivity index (χ1v) is 8.51. The molecule has 0 aliphatic carbocycles. The monoisotopic (exact) mass is 365 g/mol. The van der Waals surface area contributed by atoms with E-state index in [0.29, 0.717) is 23.2 Å². The van der Waals surface area contributed by atoms with Gasteiger partial charge in [-0.2, -0.15) is 4.57 Å². The van der Waals surface area contributed by atoms with Gasteiger partial charge in [-0.1, -0.05) is 11.6 Å². The van der Waals surface area contributed by atoms with Crippen molar-refractivity contribution in [1.29, 1.82) is 0 Å². The number of hydrogen-bond donors (Lipinski definition) is 0. The van der Waals surface area contributed by atoms with Gasteiger partial charge in [0.25, 0.3) is 0 Å². The predicted octanol–water partition coefficient (Wildman–Crippen LogP) is 5.14. The third kappa shape index (κ3) is 3.65. The molecule has 3 nitrogen and oxygen atoms in total. The number of benzene rings is 2. The minimum absolute atomic E-state index is 0.234. The molecule has 0 N–H and O–H groups in total. The minimum Gasteiger partial charge on any atom is -0.436 e. The quantitative estimate of drug-likeness (QED) is 0.469. The highest BCUT2D eigenvalue weighted by molar-refractivity contribution is 6.30. The topological polar surface area (TPSA) is 29.9 Å². The Bertz CT molecular complexity index is 1030. The van der Waals surface area contributed by atoms with Gasteiger partial charge in [-0.05, 0) is 54.6 Å². The fourth-order valence-corrected chi connectivity index (χ4v) is 2.83. The Kier molecular flexibility index (Phi) is 4.50. The number of halogens is 2. The average Bonchev–Trinajstić information content (AvgIpc) is 3.15. The first-order chi connectivity index (χ1) is 12.7. The second-order valence-electron chi connectivity index (χ2n) is 5.93. The molecule has 2 aromatic carbocycles. The molecule has 0 bridgehead atoms. The summed E-state index contributed by atoms with van der Waals surface area (Å²) in [5, 5.41) is 0.679. The molecule has 0 radical (unpaired) electrons. The summed E-state index contributed by atoms with van der Waals surface area (Å²) in [6.07, 6.45) is 5.62. The van der Waals surface area contributed by atoms with Gasteiger partial charge in [-0.25, -0.2) is 9.37 Å². The van der Waals surface area contributed by atoms with Crippen molar-refractivity contribution in [3.63, 3.8) is 0 Å². The summed E-state index contributed by atoms with van der Waals surface area (Å²) in [5.74, 6) is 0.996. The standard InChI is InChI=1S/C21H15ClFN2O/c22-18-7-5-16(6-8-18)20-12-24-21(26-20)17-2-1-11-25(14-17)13-15-3-9-19(23)10-4-15/h1-12,14H,13H2/q+1. The van der Waals surface area contributed by atoms with Crippen molar-refractivity contribution in [2.45, 2.75) is 6.54 Å². The van der Waals surface area contributed by atoms with Gasteiger partial charge < -0.3 is 4.42 Å². The van der Waals surface area contributed by atoms with Crippen molar-refractivity contribution < 1.29 is 13.4 Å². The van der Waals surface area contributed by atoms with Crippen LogP contribution in [0.3, 0.4) is 0 Å². The van der Waals surface area contributed by atoms with E-state index in [1.165, 1.54) is 12.1 Å². The molecule has 0 aliphatic rings. The molecule has 0 aliphatic heterocycles. The fraction of sp³-hybridized carbons (Fsp3) is 0.0476. The number of oxazole rings is 1. The van der Waals surface area contributed by atoms with E-state index < -0.39 is 0 Å². The second-order valence-corrected chi connectivity index (χ2v) is 6.36. The Labute approximate surface area is 155 Å². The average molecular weight is 366 g/mol. The Morgan fingerprint density at radius 3 is 2.50 bits per heavy atom. The highest BCUT2D eigenvalue weighted by Crippen LogP contribution is 2.26. The summed E-state index contributed by atoms with van der Waals surface area (Å²) in [6.45, 7) is 0.638. The summed E-state index contributed by atoms with van der Waals surface area (Å²) in [6, 6.07) is 17.8. The molecule has 26 heavy (non-hydrogen) atoms. The minimum atomic E-state index is -0.234. The Balaban J connectivity index is 1.58. The molecule has 4 aromatic rings. The second kappa shape index (κ2) is 7.10. The molecule has 2 heterocycles. The normalized spacial score (nSPS) is 10.8. The molecule has 0 amide bonds. The van der Waals surface area contributed by atoms with Crippen LogP contribution in [0.1, 0.15) is 5.56 Å². The van der Waals surface area contributed by atoms with Gasteiger partial charge in [-0.15, -0.1) is 0 Å². The van der Waals surface area contributed by atoms with Crippen molar-refractivity contribution in [2.75, 3.05) is 0 Å². The predicted molar refractivity (Wildman–Crippen MR) is 98.1 cm³/mol. The SMILES string of the molecule is Fc1ccc(C[n+]2cccc(-c3ncc(-c4ccc(Cl)cc4)o3)c2)cc1. The number of rotatable bonds is 4. The van der Waals surface area contributed by atoms with Crippen LogP contribution in [-0.4, -0.2) is 4.98 Å². The molecule has 2 aromatic heterocycles. The van der Waals surface area contributed by atoms with Crippen LogP contribution in [-0.2, 0) is 6.54 Å². The van der Waals surface area contributed by atoms with E-state index in [4.69, 9.17) is 16.0 Å². The number of pyridine rings is 1. The summed E-state index contributed by atoms with van der Waals surface area (Å²) in [4.78, 5) is 4.38. The maximum Gasteiger partial charge on any atom is 0.232 e. The van der Waals surface area contributed by atoms with Gasteiger partial charge in [0.1, 0.15) is 11.4 Å². The molecule has 0 atom stereocenters. The smallest absolute Gasteiger partial charge is 0.232 e. The highest BCUT2D eigenvalue weighted by Gasteiger charge is 2.12. The van der Waals surface area contributed by atoms with Crippen LogP contribution in [0.2, 0.25) is 5.02 Å². The molecule has 5 heteroatoms. The van der Waals surface area contributed by atoms with E-state index in [0.717, 1.165) is 16.7 Å². The maximum atomic E-state index is 13.0. The van der Waals surface area contributed by atoms with E-state index >= 15 is 0 Å². The first kappa shape index (κ1) is 16.5. The molecule has 0 spiro atoms. The van der Waals surface area contributed by atoms with Crippen molar-refractivity contribution in [1.82, 2.24) is 4.98 Å². The lowest BCUT2D eigenvalue weighted by atomic mass is 10.2. The van der Waals surface area contributed by atoms with Crippen LogP contribution in [0.5, 0.6) is 0 Å². The molecule has 4 rings (SSSR count). The van der Waals surface area contributed by atoms with Crippen LogP contribution in [0.4, 0.5) is 4.39 Å². The Hall–Kier alpha value is -2.98. The van der Waals surface area contributed by atoms with E-state index in [-0.39, 0.29) is 5.82 Å². The summed E-state index contributed by atoms with van der Waals surface area (Å²) < 4.78 is 20.9. The first-order valence-electron chi connectivity index (χ1n) is 8.13. The zero-order valence-electron chi connectivity index (χ0n) is 13.8. The van der Waals surface area contributed by atoms with Crippen molar-refractivity contribution in [3.05, 3.63) is 95.7 Å². The van der Waals surface area contributed by atoms with E-state index in [2.05, 4.69) is 4.98 Å². The van der Waals surface area contributed by atoms with Crippen LogP contribution in [0.15, 0.2) is 83.7 Å². The molecule has 0 unspecified atom stereocenters. The van der Waals surface area contributed by atoms with Gasteiger partial charge >= 0.3 is 0 Å². The lowest BCUT2D eigenvalue weighted by Gasteiger charge is -2.00. The van der Waals surface area contributed by atoms with Crippen molar-refractivity contribution >= 4 is 11.6 Å². The van der Waals surface area contributed by atoms with Crippen molar-refractivity contribution in [3.8, 4) is 22.8 Å². The Morgan fingerprint density at radius 2 is 1.73 bits per heavy atom. The fourth-order valence-electron chi connectivity index (χ4n) is 2.70. The number of hydrogen-bond acceptors (Lipinski definition) is 2. The Morgan fingerprint density at radius 1 is 0.962 bits per heavy atom. The van der Waals surface area contributed by atoms with Gasteiger partial charge in [0.05, 0.1) is 6.20 Å². The zero-order valence-corrected chi connectivity index (χ0v) is 14.5. The highest BCUT2D eigenvalue weighted by atomic mass is 35.5. The molecular formula is C21H15ClFN2O+. The van der Waals surface area contributed by atoms with Crippen LogP contribution >= 0.6 is 11.6 Å². The summed E-state index contributed by atoms with van der Waals surface area (Å²) in [7, 11) is 0. The third-order valence-corrected chi connectivity index (χ3v) is 4.27. The van der Waals surface area contributed by atoms with E-state index in [1.807, 2.05) is 53.4 Å².